The molecule has 0 aliphatic carbocycles. The van der Waals surface area contributed by atoms with Crippen LogP contribution in [0.1, 0.15) is 5.69 Å². The Morgan fingerprint density at radius 1 is 1.15 bits per heavy atom. The van der Waals surface area contributed by atoms with Crippen LogP contribution in [0.4, 0.5) is 5.69 Å². The van der Waals surface area contributed by atoms with Crippen LogP contribution in [-0.4, -0.2) is 4.98 Å². The lowest BCUT2D eigenvalue weighted by Gasteiger charge is -2.02. The molecule has 0 bridgehead atoms. The Bertz CT molecular complexity index is 437. The van der Waals surface area contributed by atoms with Gasteiger partial charge >= 0.3 is 0 Å². The normalized spacial score (nSPS) is 10.5. The molecule has 2 aromatic rings. The van der Waals surface area contributed by atoms with E-state index in [0.29, 0.717) is 12.2 Å². The van der Waals surface area contributed by atoms with Crippen LogP contribution in [0, 0.1) is 0 Å². The Labute approximate surface area is 76.4 Å². The molecule has 66 valence electrons. The van der Waals surface area contributed by atoms with Crippen molar-refractivity contribution in [3.8, 4) is 0 Å². The van der Waals surface area contributed by atoms with Crippen molar-refractivity contribution in [2.75, 3.05) is 5.73 Å². The van der Waals surface area contributed by atoms with Crippen LogP contribution in [-0.2, 0) is 6.54 Å². The molecular weight excluding hydrogens is 162 g/mol. The lowest BCUT2D eigenvalue weighted by atomic mass is 10.2. The number of hydrogen-bond donors (Lipinski definition) is 2. The molecule has 0 saturated heterocycles. The fourth-order valence-corrected chi connectivity index (χ4v) is 1.32. The van der Waals surface area contributed by atoms with Crippen molar-refractivity contribution >= 4 is 16.6 Å². The summed E-state index contributed by atoms with van der Waals surface area (Å²) in [7, 11) is 0. The van der Waals surface area contributed by atoms with Gasteiger partial charge in [0.15, 0.2) is 0 Å². The van der Waals surface area contributed by atoms with Crippen LogP contribution in [0.15, 0.2) is 30.3 Å². The Balaban J connectivity index is 2.74. The second-order valence-corrected chi connectivity index (χ2v) is 2.93. The highest BCUT2D eigenvalue weighted by Gasteiger charge is 1.99. The number of hydrogen-bond acceptors (Lipinski definition) is 3. The number of anilines is 1. The predicted octanol–water partition coefficient (Wildman–Crippen LogP) is 1.28. The largest absolute Gasteiger partial charge is 0.397 e. The van der Waals surface area contributed by atoms with Gasteiger partial charge in [0.2, 0.25) is 0 Å². The van der Waals surface area contributed by atoms with E-state index in [9.17, 15) is 0 Å². The van der Waals surface area contributed by atoms with Crippen molar-refractivity contribution in [2.24, 2.45) is 5.73 Å². The van der Waals surface area contributed by atoms with Crippen molar-refractivity contribution < 1.29 is 0 Å². The molecule has 0 radical (unpaired) electrons. The first-order chi connectivity index (χ1) is 6.31. The molecule has 1 aromatic carbocycles. The number of fused-ring (bicyclic) bond motifs is 1. The molecule has 13 heavy (non-hydrogen) atoms. The quantitative estimate of drug-likeness (QED) is 0.638. The molecule has 0 spiro atoms. The number of nitrogen functional groups attached to an aromatic ring is 1. The van der Waals surface area contributed by atoms with Crippen LogP contribution in [0.3, 0.4) is 0 Å². The van der Waals surface area contributed by atoms with Gasteiger partial charge in [-0.05, 0) is 12.1 Å². The molecule has 3 nitrogen and oxygen atoms in total. The average Bonchev–Trinajstić information content (AvgIpc) is 2.18. The summed E-state index contributed by atoms with van der Waals surface area (Å²) < 4.78 is 0. The third kappa shape index (κ3) is 1.34. The number of nitrogens with two attached hydrogens (primary N) is 2. The van der Waals surface area contributed by atoms with Crippen molar-refractivity contribution in [1.29, 1.82) is 0 Å². The van der Waals surface area contributed by atoms with E-state index >= 15 is 0 Å². The molecule has 0 unspecified atom stereocenters. The molecule has 0 aliphatic heterocycles. The first-order valence-corrected chi connectivity index (χ1v) is 4.15. The third-order valence-corrected chi connectivity index (χ3v) is 2.02. The van der Waals surface area contributed by atoms with Crippen molar-refractivity contribution in [3.05, 3.63) is 36.0 Å². The second-order valence-electron chi connectivity index (χ2n) is 2.93. The van der Waals surface area contributed by atoms with Crippen molar-refractivity contribution in [2.45, 2.75) is 6.54 Å². The van der Waals surface area contributed by atoms with E-state index in [1.54, 1.807) is 0 Å². The fraction of sp³-hybridized carbons (Fsp3) is 0.100. The minimum Gasteiger partial charge on any atom is -0.397 e. The number of nitrogens with zero attached hydrogens (tertiary/aromatic N) is 1. The number of pyridine rings is 1. The van der Waals surface area contributed by atoms with Gasteiger partial charge in [0, 0.05) is 11.9 Å². The summed E-state index contributed by atoms with van der Waals surface area (Å²) >= 11 is 0. The Kier molecular flexibility index (Phi) is 1.87. The highest BCUT2D eigenvalue weighted by atomic mass is 14.8. The van der Waals surface area contributed by atoms with Gasteiger partial charge in [-0.3, -0.25) is 0 Å². The summed E-state index contributed by atoms with van der Waals surface area (Å²) in [6.45, 7) is 0.449. The zero-order chi connectivity index (χ0) is 9.26. The topological polar surface area (TPSA) is 64.9 Å². The molecule has 0 amide bonds. The van der Waals surface area contributed by atoms with Crippen LogP contribution in [0.25, 0.3) is 10.9 Å². The number of rotatable bonds is 1. The van der Waals surface area contributed by atoms with Crippen LogP contribution in [0.5, 0.6) is 0 Å². The fourth-order valence-electron chi connectivity index (χ4n) is 1.32. The molecule has 3 heteroatoms. The maximum Gasteiger partial charge on any atom is 0.0935 e. The monoisotopic (exact) mass is 173 g/mol. The number of benzene rings is 1. The molecule has 0 aliphatic rings. The van der Waals surface area contributed by atoms with Gasteiger partial charge < -0.3 is 11.5 Å². The minimum absolute atomic E-state index is 0.449. The molecular formula is C10H11N3. The van der Waals surface area contributed by atoms with Gasteiger partial charge in [-0.1, -0.05) is 18.2 Å². The first-order valence-electron chi connectivity index (χ1n) is 4.15. The maximum atomic E-state index is 5.78. The maximum absolute atomic E-state index is 5.78. The van der Waals surface area contributed by atoms with Gasteiger partial charge in [0.1, 0.15) is 0 Å². The summed E-state index contributed by atoms with van der Waals surface area (Å²) in [4.78, 5) is 4.34. The minimum atomic E-state index is 0.449. The van der Waals surface area contributed by atoms with Crippen LogP contribution in [0.2, 0.25) is 0 Å². The SMILES string of the molecule is NCc1ccc2cccc(N)c2n1. The van der Waals surface area contributed by atoms with Gasteiger partial charge in [-0.25, -0.2) is 4.98 Å². The summed E-state index contributed by atoms with van der Waals surface area (Å²) in [6, 6.07) is 9.65. The molecule has 2 rings (SSSR count). The molecule has 1 heterocycles. The zero-order valence-electron chi connectivity index (χ0n) is 7.20. The first kappa shape index (κ1) is 8.01. The number of aromatic nitrogens is 1. The molecule has 0 fully saturated rings. The van der Waals surface area contributed by atoms with Crippen LogP contribution >= 0.6 is 0 Å². The average molecular weight is 173 g/mol. The third-order valence-electron chi connectivity index (χ3n) is 2.02. The summed E-state index contributed by atoms with van der Waals surface area (Å²) in [6.07, 6.45) is 0. The molecule has 4 N–H and O–H groups in total. The predicted molar refractivity (Wildman–Crippen MR) is 54.0 cm³/mol. The zero-order valence-corrected chi connectivity index (χ0v) is 7.20. The Hall–Kier alpha value is -1.61. The van der Waals surface area contributed by atoms with Gasteiger partial charge in [0.25, 0.3) is 0 Å². The van der Waals surface area contributed by atoms with E-state index in [0.717, 1.165) is 16.6 Å². The summed E-state index contributed by atoms with van der Waals surface area (Å²) in [5.74, 6) is 0. The lowest BCUT2D eigenvalue weighted by Crippen LogP contribution is -2.00. The highest BCUT2D eigenvalue weighted by Crippen LogP contribution is 2.18. The van der Waals surface area contributed by atoms with E-state index in [4.69, 9.17) is 11.5 Å². The Morgan fingerprint density at radius 2 is 2.00 bits per heavy atom. The standard InChI is InChI=1S/C10H11N3/c11-6-8-5-4-7-2-1-3-9(12)10(7)13-8/h1-5H,6,11-12H2. The van der Waals surface area contributed by atoms with E-state index in [1.807, 2.05) is 30.3 Å². The van der Waals surface area contributed by atoms with E-state index in [2.05, 4.69) is 4.98 Å². The lowest BCUT2D eigenvalue weighted by molar-refractivity contribution is 1.01. The van der Waals surface area contributed by atoms with Crippen molar-refractivity contribution in [1.82, 2.24) is 4.98 Å². The molecule has 1 aromatic heterocycles. The van der Waals surface area contributed by atoms with E-state index in [1.165, 1.54) is 0 Å². The van der Waals surface area contributed by atoms with Crippen LogP contribution < -0.4 is 11.5 Å². The van der Waals surface area contributed by atoms with Gasteiger partial charge in [0.05, 0.1) is 16.9 Å². The molecule has 0 saturated carbocycles. The smallest absolute Gasteiger partial charge is 0.0935 e. The Morgan fingerprint density at radius 3 is 2.77 bits per heavy atom. The second kappa shape index (κ2) is 3.03. The van der Waals surface area contributed by atoms with Gasteiger partial charge in [-0.2, -0.15) is 0 Å². The number of para-hydroxylation sites is 1. The highest BCUT2D eigenvalue weighted by molar-refractivity contribution is 5.89. The van der Waals surface area contributed by atoms with E-state index in [-0.39, 0.29) is 0 Å². The summed E-state index contributed by atoms with van der Waals surface area (Å²) in [5.41, 5.74) is 13.7. The summed E-state index contributed by atoms with van der Waals surface area (Å²) in [5, 5.41) is 1.05. The molecule has 0 atom stereocenters. The van der Waals surface area contributed by atoms with E-state index < -0.39 is 0 Å². The van der Waals surface area contributed by atoms with Gasteiger partial charge in [-0.15, -0.1) is 0 Å². The van der Waals surface area contributed by atoms with Crippen molar-refractivity contribution in [3.63, 3.8) is 0 Å².